The Balaban J connectivity index is 2.55. The van der Waals surface area contributed by atoms with Gasteiger partial charge in [0.15, 0.2) is 0 Å². The van der Waals surface area contributed by atoms with Crippen LogP contribution in [0, 0.1) is 11.3 Å². The summed E-state index contributed by atoms with van der Waals surface area (Å²) in [6.45, 7) is 1.92. The van der Waals surface area contributed by atoms with Crippen LogP contribution in [0.1, 0.15) is 30.2 Å². The second-order valence-electron chi connectivity index (χ2n) is 4.53. The van der Waals surface area contributed by atoms with Gasteiger partial charge < -0.3 is 5.73 Å². The molecular formula is C14H13F3N4. The van der Waals surface area contributed by atoms with E-state index in [9.17, 15) is 13.2 Å². The molecule has 110 valence electrons. The molecule has 1 aromatic heterocycles. The maximum atomic E-state index is 12.7. The van der Waals surface area contributed by atoms with Gasteiger partial charge in [-0.15, -0.1) is 0 Å². The van der Waals surface area contributed by atoms with Crippen molar-refractivity contribution < 1.29 is 13.2 Å². The van der Waals surface area contributed by atoms with E-state index in [-0.39, 0.29) is 17.1 Å². The van der Waals surface area contributed by atoms with Crippen molar-refractivity contribution in [1.29, 1.82) is 5.26 Å². The summed E-state index contributed by atoms with van der Waals surface area (Å²) in [5, 5.41) is 13.3. The fraction of sp³-hybridized carbons (Fsp3) is 0.286. The van der Waals surface area contributed by atoms with Gasteiger partial charge in [0.25, 0.3) is 0 Å². The average molecular weight is 294 g/mol. The van der Waals surface area contributed by atoms with E-state index in [4.69, 9.17) is 11.0 Å². The van der Waals surface area contributed by atoms with Gasteiger partial charge in [0.05, 0.1) is 16.9 Å². The van der Waals surface area contributed by atoms with Gasteiger partial charge in [-0.2, -0.15) is 23.5 Å². The van der Waals surface area contributed by atoms with Crippen LogP contribution in [-0.4, -0.2) is 9.78 Å². The molecule has 0 radical (unpaired) electrons. The number of nitrogens with two attached hydrogens (primary N) is 1. The molecule has 0 fully saturated rings. The molecular weight excluding hydrogens is 281 g/mol. The fourth-order valence-electron chi connectivity index (χ4n) is 2.02. The number of benzene rings is 1. The summed E-state index contributed by atoms with van der Waals surface area (Å²) < 4.78 is 39.4. The van der Waals surface area contributed by atoms with E-state index in [1.165, 1.54) is 16.8 Å². The van der Waals surface area contributed by atoms with Crippen molar-refractivity contribution in [3.05, 3.63) is 41.1 Å². The zero-order valence-electron chi connectivity index (χ0n) is 11.3. The Labute approximate surface area is 119 Å². The van der Waals surface area contributed by atoms with Crippen LogP contribution in [0.25, 0.3) is 5.69 Å². The zero-order chi connectivity index (χ0) is 15.6. The first-order valence-corrected chi connectivity index (χ1v) is 6.33. The van der Waals surface area contributed by atoms with E-state index in [1.807, 2.05) is 13.0 Å². The number of halogens is 3. The summed E-state index contributed by atoms with van der Waals surface area (Å²) in [5.74, 6) is 0.0558. The molecule has 0 unspecified atom stereocenters. The third-order valence-electron chi connectivity index (χ3n) is 3.01. The Morgan fingerprint density at radius 2 is 2.10 bits per heavy atom. The second-order valence-corrected chi connectivity index (χ2v) is 4.53. The second kappa shape index (κ2) is 5.48. The van der Waals surface area contributed by atoms with Gasteiger partial charge in [-0.3, -0.25) is 0 Å². The molecule has 7 heteroatoms. The van der Waals surface area contributed by atoms with Crippen LogP contribution in [0.4, 0.5) is 19.0 Å². The molecule has 0 aliphatic heterocycles. The highest BCUT2D eigenvalue weighted by molar-refractivity contribution is 5.56. The molecule has 2 N–H and O–H groups in total. The first-order valence-electron chi connectivity index (χ1n) is 6.33. The number of nitrogen functional groups attached to an aromatic ring is 1. The van der Waals surface area contributed by atoms with Crippen molar-refractivity contribution in [2.75, 3.05) is 5.73 Å². The third kappa shape index (κ3) is 2.84. The lowest BCUT2D eigenvalue weighted by Crippen LogP contribution is -2.08. The lowest BCUT2D eigenvalue weighted by atomic mass is 10.1. The van der Waals surface area contributed by atoms with Crippen molar-refractivity contribution in [3.63, 3.8) is 0 Å². The van der Waals surface area contributed by atoms with Crippen LogP contribution in [0.2, 0.25) is 0 Å². The van der Waals surface area contributed by atoms with E-state index >= 15 is 0 Å². The molecule has 0 aliphatic rings. The summed E-state index contributed by atoms with van der Waals surface area (Å²) in [6.07, 6.45) is -3.14. The van der Waals surface area contributed by atoms with Gasteiger partial charge >= 0.3 is 6.18 Å². The van der Waals surface area contributed by atoms with Crippen LogP contribution in [-0.2, 0) is 12.6 Å². The average Bonchev–Trinajstić information content (AvgIpc) is 2.75. The topological polar surface area (TPSA) is 67.6 Å². The lowest BCUT2D eigenvalue weighted by Gasteiger charge is -2.09. The van der Waals surface area contributed by atoms with Gasteiger partial charge in [-0.05, 0) is 24.6 Å². The molecule has 2 rings (SSSR count). The Bertz CT molecular complexity index is 695. The van der Waals surface area contributed by atoms with Crippen molar-refractivity contribution in [3.8, 4) is 11.8 Å². The SMILES string of the molecule is CCCc1nn(-c2cccc(C(F)(F)F)c2)c(N)c1C#N. The highest BCUT2D eigenvalue weighted by Crippen LogP contribution is 2.31. The predicted molar refractivity (Wildman–Crippen MR) is 71.7 cm³/mol. The van der Waals surface area contributed by atoms with Crippen LogP contribution in [0.3, 0.4) is 0 Å². The van der Waals surface area contributed by atoms with Crippen molar-refractivity contribution in [1.82, 2.24) is 9.78 Å². The normalized spacial score (nSPS) is 11.4. The molecule has 0 aliphatic carbocycles. The van der Waals surface area contributed by atoms with Crippen LogP contribution in [0.5, 0.6) is 0 Å². The summed E-state index contributed by atoms with van der Waals surface area (Å²) in [5.41, 5.74) is 5.94. The Morgan fingerprint density at radius 1 is 1.38 bits per heavy atom. The van der Waals surface area contributed by atoms with E-state index in [1.54, 1.807) is 0 Å². The van der Waals surface area contributed by atoms with Gasteiger partial charge in [0.2, 0.25) is 0 Å². The minimum absolute atomic E-state index is 0.0558. The molecule has 2 aromatic rings. The third-order valence-corrected chi connectivity index (χ3v) is 3.01. The van der Waals surface area contributed by atoms with Crippen molar-refractivity contribution in [2.24, 2.45) is 0 Å². The standard InChI is InChI=1S/C14H13F3N4/c1-2-4-12-11(8-18)13(19)21(20-12)10-6-3-5-9(7-10)14(15,16)17/h3,5-7H,2,4,19H2,1H3. The number of hydrogen-bond acceptors (Lipinski definition) is 3. The van der Waals surface area contributed by atoms with Gasteiger partial charge in [0.1, 0.15) is 17.5 Å². The highest BCUT2D eigenvalue weighted by Gasteiger charge is 2.30. The Morgan fingerprint density at radius 3 is 2.67 bits per heavy atom. The smallest absolute Gasteiger partial charge is 0.382 e. The summed E-state index contributed by atoms with van der Waals surface area (Å²) in [7, 11) is 0. The number of nitriles is 1. The predicted octanol–water partition coefficient (Wildman–Crippen LogP) is 3.30. The summed E-state index contributed by atoms with van der Waals surface area (Å²) in [4.78, 5) is 0. The van der Waals surface area contributed by atoms with E-state index in [2.05, 4.69) is 5.10 Å². The van der Waals surface area contributed by atoms with E-state index in [0.29, 0.717) is 12.1 Å². The van der Waals surface area contributed by atoms with E-state index in [0.717, 1.165) is 18.6 Å². The molecule has 0 amide bonds. The minimum atomic E-state index is -4.44. The molecule has 4 nitrogen and oxygen atoms in total. The number of nitrogens with zero attached hydrogens (tertiary/aromatic N) is 3. The van der Waals surface area contributed by atoms with Gasteiger partial charge in [0, 0.05) is 0 Å². The monoisotopic (exact) mass is 294 g/mol. The zero-order valence-corrected chi connectivity index (χ0v) is 11.3. The molecule has 0 spiro atoms. The largest absolute Gasteiger partial charge is 0.416 e. The van der Waals surface area contributed by atoms with Crippen molar-refractivity contribution in [2.45, 2.75) is 25.9 Å². The minimum Gasteiger partial charge on any atom is -0.382 e. The molecule has 0 saturated heterocycles. The van der Waals surface area contributed by atoms with Gasteiger partial charge in [-0.25, -0.2) is 4.68 Å². The van der Waals surface area contributed by atoms with Crippen LogP contribution >= 0.6 is 0 Å². The van der Waals surface area contributed by atoms with Crippen LogP contribution in [0.15, 0.2) is 24.3 Å². The van der Waals surface area contributed by atoms with Gasteiger partial charge in [-0.1, -0.05) is 19.4 Å². The Hall–Kier alpha value is -2.49. The molecule has 21 heavy (non-hydrogen) atoms. The molecule has 1 heterocycles. The summed E-state index contributed by atoms with van der Waals surface area (Å²) >= 11 is 0. The first-order chi connectivity index (χ1) is 9.88. The lowest BCUT2D eigenvalue weighted by molar-refractivity contribution is -0.137. The first kappa shape index (κ1) is 14.9. The number of alkyl halides is 3. The van der Waals surface area contributed by atoms with Crippen molar-refractivity contribution >= 4 is 5.82 Å². The Kier molecular flexibility index (Phi) is 3.89. The highest BCUT2D eigenvalue weighted by atomic mass is 19.4. The van der Waals surface area contributed by atoms with E-state index < -0.39 is 11.7 Å². The van der Waals surface area contributed by atoms with Crippen LogP contribution < -0.4 is 5.73 Å². The number of aromatic nitrogens is 2. The molecule has 1 aromatic carbocycles. The maximum Gasteiger partial charge on any atom is 0.416 e. The molecule has 0 saturated carbocycles. The molecule has 0 atom stereocenters. The number of rotatable bonds is 3. The number of anilines is 1. The maximum absolute atomic E-state index is 12.7. The number of aryl methyl sites for hydroxylation is 1. The number of hydrogen-bond donors (Lipinski definition) is 1. The summed E-state index contributed by atoms with van der Waals surface area (Å²) in [6, 6.07) is 6.64. The quantitative estimate of drug-likeness (QED) is 0.944. The molecule has 0 bridgehead atoms. The fourth-order valence-corrected chi connectivity index (χ4v) is 2.02.